The third kappa shape index (κ3) is 0.841. The number of carbonyl (C=O) groups excluding carboxylic acids is 2. The number of carbonyl (C=O) groups is 2. The SMILES string of the molecule is C[C@]1(CO)NC(=O)NC1=O. The van der Waals surface area contributed by atoms with Crippen LogP contribution in [0.25, 0.3) is 0 Å². The van der Waals surface area contributed by atoms with Crippen LogP contribution in [0.2, 0.25) is 0 Å². The second-order valence-corrected chi connectivity index (χ2v) is 2.40. The number of aliphatic hydroxyl groups excluding tert-OH is 1. The monoisotopic (exact) mass is 144 g/mol. The molecule has 3 N–H and O–H groups in total. The summed E-state index contributed by atoms with van der Waals surface area (Å²) in [6.45, 7) is 1.07. The zero-order valence-corrected chi connectivity index (χ0v) is 5.47. The average Bonchev–Trinajstić information content (AvgIpc) is 2.09. The molecule has 0 radical (unpaired) electrons. The van der Waals surface area contributed by atoms with Gasteiger partial charge in [-0.05, 0) is 6.92 Å². The lowest BCUT2D eigenvalue weighted by atomic mass is 10.1. The summed E-state index contributed by atoms with van der Waals surface area (Å²) < 4.78 is 0. The minimum Gasteiger partial charge on any atom is -0.393 e. The van der Waals surface area contributed by atoms with Crippen molar-refractivity contribution in [2.45, 2.75) is 12.5 Å². The van der Waals surface area contributed by atoms with Gasteiger partial charge in [0.25, 0.3) is 5.91 Å². The molecule has 3 amide bonds. The van der Waals surface area contributed by atoms with E-state index in [1.54, 1.807) is 0 Å². The molecule has 5 heteroatoms. The first-order valence-corrected chi connectivity index (χ1v) is 2.83. The van der Waals surface area contributed by atoms with Gasteiger partial charge in [0.1, 0.15) is 5.54 Å². The van der Waals surface area contributed by atoms with Crippen LogP contribution in [-0.4, -0.2) is 29.2 Å². The van der Waals surface area contributed by atoms with Gasteiger partial charge in [-0.1, -0.05) is 0 Å². The van der Waals surface area contributed by atoms with Crippen molar-refractivity contribution in [2.75, 3.05) is 6.61 Å². The lowest BCUT2D eigenvalue weighted by Crippen LogP contribution is -2.46. The topological polar surface area (TPSA) is 78.4 Å². The highest BCUT2D eigenvalue weighted by Gasteiger charge is 2.41. The highest BCUT2D eigenvalue weighted by molar-refractivity contribution is 6.06. The molecule has 0 aromatic heterocycles. The van der Waals surface area contributed by atoms with E-state index >= 15 is 0 Å². The summed E-state index contributed by atoms with van der Waals surface area (Å²) >= 11 is 0. The summed E-state index contributed by atoms with van der Waals surface area (Å²) in [5, 5.41) is 12.9. The first-order valence-electron chi connectivity index (χ1n) is 2.83. The first-order chi connectivity index (χ1) is 4.58. The number of amides is 3. The minimum absolute atomic E-state index is 0.384. The Balaban J connectivity index is 2.80. The van der Waals surface area contributed by atoms with Gasteiger partial charge >= 0.3 is 6.03 Å². The van der Waals surface area contributed by atoms with E-state index in [1.165, 1.54) is 6.92 Å². The van der Waals surface area contributed by atoms with E-state index in [1.807, 2.05) is 5.32 Å². The van der Waals surface area contributed by atoms with Crippen molar-refractivity contribution in [3.8, 4) is 0 Å². The van der Waals surface area contributed by atoms with Gasteiger partial charge in [-0.15, -0.1) is 0 Å². The van der Waals surface area contributed by atoms with Crippen LogP contribution < -0.4 is 10.6 Å². The molecule has 56 valence electrons. The Morgan fingerprint density at radius 1 is 1.60 bits per heavy atom. The Kier molecular flexibility index (Phi) is 1.37. The lowest BCUT2D eigenvalue weighted by molar-refractivity contribution is -0.124. The second-order valence-electron chi connectivity index (χ2n) is 2.40. The summed E-state index contributed by atoms with van der Waals surface area (Å²) in [5.74, 6) is -0.486. The van der Waals surface area contributed by atoms with Crippen molar-refractivity contribution in [1.82, 2.24) is 10.6 Å². The summed E-state index contributed by atoms with van der Waals surface area (Å²) in [6, 6.07) is -0.554. The van der Waals surface area contributed by atoms with Crippen LogP contribution >= 0.6 is 0 Å². The average molecular weight is 144 g/mol. The fourth-order valence-corrected chi connectivity index (χ4v) is 0.691. The van der Waals surface area contributed by atoms with E-state index in [0.717, 1.165) is 0 Å². The van der Waals surface area contributed by atoms with E-state index < -0.39 is 17.5 Å². The molecule has 1 aliphatic rings. The van der Waals surface area contributed by atoms with Gasteiger partial charge < -0.3 is 10.4 Å². The van der Waals surface area contributed by atoms with Crippen LogP contribution in [-0.2, 0) is 4.79 Å². The van der Waals surface area contributed by atoms with Crippen LogP contribution in [0.5, 0.6) is 0 Å². The molecule has 10 heavy (non-hydrogen) atoms. The molecule has 0 saturated carbocycles. The van der Waals surface area contributed by atoms with Crippen molar-refractivity contribution >= 4 is 11.9 Å². The highest BCUT2D eigenvalue weighted by atomic mass is 16.3. The number of nitrogens with one attached hydrogen (secondary N) is 2. The molecule has 1 aliphatic heterocycles. The summed E-state index contributed by atoms with van der Waals surface area (Å²) in [5.41, 5.74) is -1.13. The van der Waals surface area contributed by atoms with E-state index in [-0.39, 0.29) is 6.61 Å². The number of aliphatic hydroxyl groups is 1. The third-order valence-corrected chi connectivity index (χ3v) is 1.43. The summed E-state index contributed by atoms with van der Waals surface area (Å²) in [7, 11) is 0. The molecule has 1 fully saturated rings. The van der Waals surface area contributed by atoms with E-state index in [2.05, 4.69) is 5.32 Å². The van der Waals surface area contributed by atoms with Crippen molar-refractivity contribution in [1.29, 1.82) is 0 Å². The van der Waals surface area contributed by atoms with Gasteiger partial charge in [0, 0.05) is 0 Å². The number of imide groups is 1. The number of urea groups is 1. The van der Waals surface area contributed by atoms with Gasteiger partial charge in [0.15, 0.2) is 0 Å². The molecular formula is C5H8N2O3. The molecular weight excluding hydrogens is 136 g/mol. The molecule has 0 bridgehead atoms. The van der Waals surface area contributed by atoms with Crippen molar-refractivity contribution in [2.24, 2.45) is 0 Å². The first kappa shape index (κ1) is 7.01. The number of hydrogen-bond acceptors (Lipinski definition) is 3. The van der Waals surface area contributed by atoms with E-state index in [4.69, 9.17) is 5.11 Å². The van der Waals surface area contributed by atoms with Crippen LogP contribution in [0.3, 0.4) is 0 Å². The lowest BCUT2D eigenvalue weighted by Gasteiger charge is -2.15. The van der Waals surface area contributed by atoms with Crippen molar-refractivity contribution in [3.63, 3.8) is 0 Å². The Labute approximate surface area is 57.4 Å². The molecule has 1 rings (SSSR count). The second kappa shape index (κ2) is 1.95. The van der Waals surface area contributed by atoms with Gasteiger partial charge in [-0.3, -0.25) is 10.1 Å². The van der Waals surface area contributed by atoms with Crippen LogP contribution in [0.15, 0.2) is 0 Å². The van der Waals surface area contributed by atoms with Gasteiger partial charge in [-0.25, -0.2) is 4.79 Å². The van der Waals surface area contributed by atoms with Gasteiger partial charge in [0.05, 0.1) is 6.61 Å². The fourth-order valence-electron chi connectivity index (χ4n) is 0.691. The zero-order chi connectivity index (χ0) is 7.78. The van der Waals surface area contributed by atoms with Crippen LogP contribution in [0.1, 0.15) is 6.92 Å². The minimum atomic E-state index is -1.13. The predicted molar refractivity (Wildman–Crippen MR) is 32.2 cm³/mol. The number of rotatable bonds is 1. The Bertz CT molecular complexity index is 191. The molecule has 5 nitrogen and oxygen atoms in total. The summed E-state index contributed by atoms with van der Waals surface area (Å²) in [6.07, 6.45) is 0. The Morgan fingerprint density at radius 2 is 2.20 bits per heavy atom. The van der Waals surface area contributed by atoms with Crippen molar-refractivity contribution in [3.05, 3.63) is 0 Å². The fraction of sp³-hybridized carbons (Fsp3) is 0.600. The van der Waals surface area contributed by atoms with Crippen LogP contribution in [0.4, 0.5) is 4.79 Å². The van der Waals surface area contributed by atoms with Gasteiger partial charge in [-0.2, -0.15) is 0 Å². The molecule has 0 aromatic carbocycles. The Morgan fingerprint density at radius 3 is 2.40 bits per heavy atom. The highest BCUT2D eigenvalue weighted by Crippen LogP contribution is 2.06. The molecule has 0 aliphatic carbocycles. The van der Waals surface area contributed by atoms with Crippen molar-refractivity contribution < 1.29 is 14.7 Å². The normalized spacial score (nSPS) is 31.8. The molecule has 0 spiro atoms. The van der Waals surface area contributed by atoms with Gasteiger partial charge in [0.2, 0.25) is 0 Å². The smallest absolute Gasteiger partial charge is 0.322 e. The maximum Gasteiger partial charge on any atom is 0.322 e. The number of hydrogen-bond donors (Lipinski definition) is 3. The third-order valence-electron chi connectivity index (χ3n) is 1.43. The van der Waals surface area contributed by atoms with E-state index in [9.17, 15) is 9.59 Å². The predicted octanol–water partition coefficient (Wildman–Crippen LogP) is -1.42. The standard InChI is InChI=1S/C5H8N2O3/c1-5(2-8)3(9)6-4(10)7-5/h8H,2H2,1H3,(H2,6,7,9,10)/t5-/m1/s1. The molecule has 0 unspecified atom stereocenters. The van der Waals surface area contributed by atoms with Crippen LogP contribution in [0, 0.1) is 0 Å². The largest absolute Gasteiger partial charge is 0.393 e. The molecule has 1 atom stereocenters. The molecule has 1 saturated heterocycles. The Hall–Kier alpha value is -1.10. The zero-order valence-electron chi connectivity index (χ0n) is 5.47. The van der Waals surface area contributed by atoms with E-state index in [0.29, 0.717) is 0 Å². The maximum absolute atomic E-state index is 10.8. The summed E-state index contributed by atoms with van der Waals surface area (Å²) in [4.78, 5) is 21.3. The molecule has 0 aromatic rings. The molecule has 1 heterocycles. The quantitative estimate of drug-likeness (QED) is 0.395. The maximum atomic E-state index is 10.8.